The summed E-state index contributed by atoms with van der Waals surface area (Å²) in [5.41, 5.74) is 0.753. The van der Waals surface area contributed by atoms with Gasteiger partial charge in [0.2, 0.25) is 5.43 Å². The number of carbonyl (C=O) groups excluding carboxylic acids is 1. The second-order valence-corrected chi connectivity index (χ2v) is 11.7. The number of hydrogen-bond acceptors (Lipinski definition) is 8. The fourth-order valence-electron chi connectivity index (χ4n) is 6.44. The third-order valence-corrected chi connectivity index (χ3v) is 8.86. The van der Waals surface area contributed by atoms with E-state index in [0.29, 0.717) is 43.3 Å². The van der Waals surface area contributed by atoms with Gasteiger partial charge < -0.3 is 29.4 Å². The molecule has 4 aromatic rings. The number of pyridine rings is 1. The van der Waals surface area contributed by atoms with Gasteiger partial charge in [0.25, 0.3) is 5.91 Å². The van der Waals surface area contributed by atoms with Gasteiger partial charge in [-0.2, -0.15) is 0 Å². The van der Waals surface area contributed by atoms with Crippen LogP contribution >= 0.6 is 0 Å². The minimum atomic E-state index is -0.598. The maximum atomic E-state index is 15.9. The van der Waals surface area contributed by atoms with Crippen LogP contribution in [-0.4, -0.2) is 99.1 Å². The lowest BCUT2D eigenvalue weighted by atomic mass is 10.0. The molecule has 2 N–H and O–H groups in total. The molecular formula is C34H38FN5O5. The molecule has 1 amide bonds. The molecule has 3 aliphatic heterocycles. The first-order valence-electron chi connectivity index (χ1n) is 15.8. The molecule has 236 valence electrons. The summed E-state index contributed by atoms with van der Waals surface area (Å²) in [4.78, 5) is 31.8. The van der Waals surface area contributed by atoms with Crippen molar-refractivity contribution in [3.05, 3.63) is 70.3 Å². The fraction of sp³-hybridized carbons (Fsp3) is 0.412. The highest BCUT2D eigenvalue weighted by atomic mass is 19.1. The number of nitrogens with zero attached hydrogens (tertiary/aromatic N) is 3. The standard InChI is InChI=1S/C34H38FN5O5/c35-27-21-25-30-33(29(27)36-9-3-11-38-13-17-43-18-14-38)45-32-24-6-2-1-5-23(24)7-8-28(32)40(30)22-26(31(25)41)34(42)37-10-4-12-39-15-19-44-20-16-39/h1-2,5-8,21-22,36H,3-4,9-20H2,(H,37,42). The zero-order valence-electron chi connectivity index (χ0n) is 25.3. The smallest absolute Gasteiger partial charge is 0.256 e. The van der Waals surface area contributed by atoms with Crippen LogP contribution in [0.3, 0.4) is 0 Å². The molecule has 11 heteroatoms. The molecular weight excluding hydrogens is 577 g/mol. The molecule has 0 bridgehead atoms. The Morgan fingerprint density at radius 2 is 1.53 bits per heavy atom. The molecule has 7 rings (SSSR count). The average molecular weight is 616 g/mol. The highest BCUT2D eigenvalue weighted by Crippen LogP contribution is 2.47. The number of anilines is 1. The lowest BCUT2D eigenvalue weighted by Crippen LogP contribution is -2.38. The SMILES string of the molecule is O=C(NCCCN1CCOCC1)c1cn2c3c(c(NCCCN4CCOCC4)c(F)cc3c1=O)Oc1c-2ccc2ccccc12. The van der Waals surface area contributed by atoms with E-state index in [0.717, 1.165) is 76.1 Å². The highest BCUT2D eigenvalue weighted by molar-refractivity contribution is 6.03. The number of hydrogen-bond donors (Lipinski definition) is 2. The summed E-state index contributed by atoms with van der Waals surface area (Å²) >= 11 is 0. The molecule has 3 aliphatic rings. The van der Waals surface area contributed by atoms with Crippen molar-refractivity contribution in [1.29, 1.82) is 0 Å². The molecule has 0 radical (unpaired) electrons. The molecule has 10 nitrogen and oxygen atoms in total. The van der Waals surface area contributed by atoms with Crippen molar-refractivity contribution in [2.24, 2.45) is 0 Å². The van der Waals surface area contributed by atoms with Gasteiger partial charge in [-0.1, -0.05) is 30.3 Å². The first kappa shape index (κ1) is 29.7. The molecule has 45 heavy (non-hydrogen) atoms. The summed E-state index contributed by atoms with van der Waals surface area (Å²) in [7, 11) is 0. The topological polar surface area (TPSA) is 97.3 Å². The van der Waals surface area contributed by atoms with Crippen molar-refractivity contribution in [3.8, 4) is 17.2 Å². The Hall–Kier alpha value is -4.03. The molecule has 2 saturated heterocycles. The predicted molar refractivity (Wildman–Crippen MR) is 172 cm³/mol. The lowest BCUT2D eigenvalue weighted by molar-refractivity contribution is 0.0374. The molecule has 0 aliphatic carbocycles. The van der Waals surface area contributed by atoms with Crippen LogP contribution in [0.1, 0.15) is 23.2 Å². The van der Waals surface area contributed by atoms with Crippen molar-refractivity contribution in [2.75, 3.05) is 84.1 Å². The third-order valence-electron chi connectivity index (χ3n) is 8.86. The zero-order valence-corrected chi connectivity index (χ0v) is 25.3. The third kappa shape index (κ3) is 6.00. The van der Waals surface area contributed by atoms with Crippen molar-refractivity contribution >= 4 is 33.3 Å². The lowest BCUT2D eigenvalue weighted by Gasteiger charge is -2.28. The summed E-state index contributed by atoms with van der Waals surface area (Å²) in [6.07, 6.45) is 3.12. The number of morpholine rings is 2. The summed E-state index contributed by atoms with van der Waals surface area (Å²) < 4.78 is 35.1. The Kier molecular flexibility index (Phi) is 8.66. The fourth-order valence-corrected chi connectivity index (χ4v) is 6.44. The van der Waals surface area contributed by atoms with Gasteiger partial charge in [0.05, 0.1) is 37.5 Å². The van der Waals surface area contributed by atoms with Gasteiger partial charge in [0, 0.05) is 50.9 Å². The number of fused-ring (bicyclic) bond motifs is 4. The van der Waals surface area contributed by atoms with Gasteiger partial charge >= 0.3 is 0 Å². The van der Waals surface area contributed by atoms with Gasteiger partial charge in [0.15, 0.2) is 17.3 Å². The van der Waals surface area contributed by atoms with E-state index >= 15 is 4.39 Å². The minimum Gasteiger partial charge on any atom is -0.450 e. The van der Waals surface area contributed by atoms with E-state index in [1.54, 1.807) is 10.8 Å². The Labute approximate surface area is 260 Å². The van der Waals surface area contributed by atoms with Crippen LogP contribution in [0.2, 0.25) is 0 Å². The van der Waals surface area contributed by atoms with Crippen LogP contribution in [0.5, 0.6) is 11.5 Å². The van der Waals surface area contributed by atoms with Crippen LogP contribution in [-0.2, 0) is 9.47 Å². The zero-order chi connectivity index (χ0) is 30.8. The van der Waals surface area contributed by atoms with Crippen molar-refractivity contribution < 1.29 is 23.4 Å². The maximum absolute atomic E-state index is 15.9. The summed E-state index contributed by atoms with van der Waals surface area (Å²) in [5, 5.41) is 8.08. The van der Waals surface area contributed by atoms with Crippen LogP contribution in [0, 0.1) is 5.82 Å². The second-order valence-electron chi connectivity index (χ2n) is 11.7. The van der Waals surface area contributed by atoms with Gasteiger partial charge in [0.1, 0.15) is 16.8 Å². The quantitative estimate of drug-likeness (QED) is 0.228. The van der Waals surface area contributed by atoms with E-state index in [1.807, 2.05) is 36.4 Å². The number of ether oxygens (including phenoxy) is 3. The largest absolute Gasteiger partial charge is 0.450 e. The molecule has 0 atom stereocenters. The Balaban J connectivity index is 1.21. The van der Waals surface area contributed by atoms with E-state index in [-0.39, 0.29) is 22.4 Å². The Morgan fingerprint density at radius 3 is 2.27 bits per heavy atom. The number of carbonyl (C=O) groups is 1. The predicted octanol–water partition coefficient (Wildman–Crippen LogP) is 3.98. The number of halogens is 1. The number of benzene rings is 3. The molecule has 4 heterocycles. The molecule has 1 aromatic heterocycles. The van der Waals surface area contributed by atoms with Crippen LogP contribution < -0.4 is 20.8 Å². The highest BCUT2D eigenvalue weighted by Gasteiger charge is 2.29. The van der Waals surface area contributed by atoms with Gasteiger partial charge in [-0.15, -0.1) is 0 Å². The molecule has 2 fully saturated rings. The van der Waals surface area contributed by atoms with E-state index < -0.39 is 17.2 Å². The number of amides is 1. The van der Waals surface area contributed by atoms with Crippen molar-refractivity contribution in [2.45, 2.75) is 12.8 Å². The first-order chi connectivity index (χ1) is 22.1. The number of nitrogens with one attached hydrogen (secondary N) is 2. The minimum absolute atomic E-state index is 0.0357. The van der Waals surface area contributed by atoms with E-state index in [9.17, 15) is 9.59 Å². The number of aromatic nitrogens is 1. The number of rotatable bonds is 10. The Bertz CT molecular complexity index is 1780. The summed E-state index contributed by atoms with van der Waals surface area (Å²) in [5.74, 6) is -0.285. The second kappa shape index (κ2) is 13.1. The maximum Gasteiger partial charge on any atom is 0.256 e. The van der Waals surface area contributed by atoms with E-state index in [4.69, 9.17) is 14.2 Å². The van der Waals surface area contributed by atoms with Crippen molar-refractivity contribution in [3.63, 3.8) is 0 Å². The van der Waals surface area contributed by atoms with Gasteiger partial charge in [-0.05, 0) is 43.5 Å². The van der Waals surface area contributed by atoms with Crippen molar-refractivity contribution in [1.82, 2.24) is 19.7 Å². The molecule has 0 saturated carbocycles. The van der Waals surface area contributed by atoms with Gasteiger partial charge in [-0.3, -0.25) is 19.4 Å². The Morgan fingerprint density at radius 1 is 0.844 bits per heavy atom. The van der Waals surface area contributed by atoms with E-state index in [1.165, 1.54) is 6.07 Å². The first-order valence-corrected chi connectivity index (χ1v) is 15.8. The van der Waals surface area contributed by atoms with E-state index in [2.05, 4.69) is 20.4 Å². The normalized spacial score (nSPS) is 16.8. The monoisotopic (exact) mass is 615 g/mol. The summed E-state index contributed by atoms with van der Waals surface area (Å²) in [6, 6.07) is 12.9. The molecule has 3 aromatic carbocycles. The molecule has 0 unspecified atom stereocenters. The molecule has 0 spiro atoms. The summed E-state index contributed by atoms with van der Waals surface area (Å²) in [6.45, 7) is 9.05. The van der Waals surface area contributed by atoms with Gasteiger partial charge in [-0.25, -0.2) is 4.39 Å². The van der Waals surface area contributed by atoms with Crippen LogP contribution in [0.25, 0.3) is 27.4 Å². The average Bonchev–Trinajstić information content (AvgIpc) is 3.08. The van der Waals surface area contributed by atoms with Crippen LogP contribution in [0.15, 0.2) is 53.5 Å². The van der Waals surface area contributed by atoms with Crippen LogP contribution in [0.4, 0.5) is 10.1 Å².